The minimum absolute atomic E-state index is 0.282. The molecular weight excluding hydrogens is 468 g/mol. The molecule has 1 spiro atoms. The highest BCUT2D eigenvalue weighted by molar-refractivity contribution is 5.96. The molecule has 188 valence electrons. The summed E-state index contributed by atoms with van der Waals surface area (Å²) in [5, 5.41) is 15.6. The topological polar surface area (TPSA) is 93.4 Å². The van der Waals surface area contributed by atoms with Gasteiger partial charge in [-0.3, -0.25) is 10.1 Å². The number of halogens is 2. The number of nitrogens with one attached hydrogen (secondary N) is 1. The van der Waals surface area contributed by atoms with Gasteiger partial charge in [-0.2, -0.15) is 0 Å². The van der Waals surface area contributed by atoms with E-state index in [1.54, 1.807) is 6.92 Å². The molecule has 8 nitrogen and oxygen atoms in total. The second-order valence-electron chi connectivity index (χ2n) is 10.4. The molecule has 1 aliphatic carbocycles. The Kier molecular flexibility index (Phi) is 5.33. The van der Waals surface area contributed by atoms with E-state index < -0.39 is 17.4 Å². The van der Waals surface area contributed by atoms with E-state index in [1.807, 2.05) is 6.92 Å². The largest absolute Gasteiger partial charge is 0.380 e. The third-order valence-electron chi connectivity index (χ3n) is 7.64. The maximum atomic E-state index is 13.4. The molecule has 10 heteroatoms. The predicted octanol–water partition coefficient (Wildman–Crippen LogP) is 5.28. The van der Waals surface area contributed by atoms with Gasteiger partial charge in [0, 0.05) is 41.9 Å². The van der Waals surface area contributed by atoms with Gasteiger partial charge in [-0.05, 0) is 61.9 Å². The first kappa shape index (κ1) is 23.0. The third-order valence-corrected chi connectivity index (χ3v) is 7.64. The maximum Gasteiger partial charge on any atom is 0.270 e. The molecule has 6 rings (SSSR count). The number of anilines is 2. The van der Waals surface area contributed by atoms with Crippen LogP contribution in [0.25, 0.3) is 10.9 Å². The Hall–Kier alpha value is -3.40. The first-order valence-corrected chi connectivity index (χ1v) is 12.2. The summed E-state index contributed by atoms with van der Waals surface area (Å²) in [5.74, 6) is 1.22. The van der Waals surface area contributed by atoms with Gasteiger partial charge in [-0.1, -0.05) is 0 Å². The molecule has 2 aliphatic heterocycles. The summed E-state index contributed by atoms with van der Waals surface area (Å²) in [4.78, 5) is 22.6. The van der Waals surface area contributed by atoms with Crippen LogP contribution < -0.4 is 10.2 Å². The highest BCUT2D eigenvalue weighted by atomic mass is 19.3. The zero-order valence-electron chi connectivity index (χ0n) is 20.2. The molecule has 36 heavy (non-hydrogen) atoms. The van der Waals surface area contributed by atoms with E-state index in [1.165, 1.54) is 28.9 Å². The Labute approximate surface area is 206 Å². The highest BCUT2D eigenvalue weighted by Crippen LogP contribution is 2.46. The fourth-order valence-electron chi connectivity index (χ4n) is 5.79. The zero-order chi connectivity index (χ0) is 25.2. The number of aryl methyl sites for hydroxylation is 2. The Morgan fingerprint density at radius 2 is 1.83 bits per heavy atom. The van der Waals surface area contributed by atoms with Gasteiger partial charge in [0.15, 0.2) is 0 Å². The summed E-state index contributed by atoms with van der Waals surface area (Å²) in [7, 11) is 0. The molecule has 3 aliphatic rings. The van der Waals surface area contributed by atoms with E-state index in [2.05, 4.69) is 21.3 Å². The van der Waals surface area contributed by atoms with Crippen molar-refractivity contribution in [2.75, 3.05) is 36.5 Å². The van der Waals surface area contributed by atoms with Crippen LogP contribution in [0.1, 0.15) is 53.9 Å². The number of aromatic nitrogens is 2. The van der Waals surface area contributed by atoms with Crippen molar-refractivity contribution in [2.45, 2.75) is 45.6 Å². The average molecular weight is 496 g/mol. The van der Waals surface area contributed by atoms with Crippen LogP contribution in [0.2, 0.25) is 0 Å². The molecule has 3 aromatic rings. The van der Waals surface area contributed by atoms with Crippen molar-refractivity contribution in [3.05, 3.63) is 62.5 Å². The van der Waals surface area contributed by atoms with E-state index in [0.717, 1.165) is 62.5 Å². The molecule has 1 atom stereocenters. The second-order valence-corrected chi connectivity index (χ2v) is 10.4. The van der Waals surface area contributed by atoms with E-state index in [4.69, 9.17) is 9.72 Å². The molecule has 0 amide bonds. The minimum Gasteiger partial charge on any atom is -0.380 e. The number of ether oxygens (including phenoxy) is 1. The number of nitro benzene ring substituents is 1. The molecule has 0 saturated carbocycles. The van der Waals surface area contributed by atoms with Crippen molar-refractivity contribution < 1.29 is 18.4 Å². The summed E-state index contributed by atoms with van der Waals surface area (Å²) in [5.41, 5.74) is 4.70. The number of benzene rings is 2. The zero-order valence-corrected chi connectivity index (χ0v) is 20.2. The first-order chi connectivity index (χ1) is 17.2. The number of nitro groups is 1. The SMILES string of the molecule is Cc1nc(N[C@H](C)c2cc(C(F)F)cc([N+](=O)[O-])c2)c2cc(N3CC4(COC4)C3)c3c(c2n1)CCC3. The number of non-ortho nitro benzene ring substituents is 1. The lowest BCUT2D eigenvalue weighted by atomic mass is 9.77. The van der Waals surface area contributed by atoms with E-state index in [9.17, 15) is 18.9 Å². The van der Waals surface area contributed by atoms with Crippen molar-refractivity contribution in [3.63, 3.8) is 0 Å². The molecular formula is C26H27F2N5O3. The van der Waals surface area contributed by atoms with Gasteiger partial charge in [0.1, 0.15) is 11.6 Å². The lowest BCUT2D eigenvalue weighted by molar-refractivity contribution is -0.385. The summed E-state index contributed by atoms with van der Waals surface area (Å²) < 4.78 is 32.3. The van der Waals surface area contributed by atoms with E-state index in [-0.39, 0.29) is 16.7 Å². The number of alkyl halides is 2. The Balaban J connectivity index is 1.40. The predicted molar refractivity (Wildman–Crippen MR) is 132 cm³/mol. The monoisotopic (exact) mass is 495 g/mol. The molecule has 3 heterocycles. The van der Waals surface area contributed by atoms with Crippen molar-refractivity contribution in [3.8, 4) is 0 Å². The van der Waals surface area contributed by atoms with Crippen LogP contribution in [0.4, 0.5) is 26.0 Å². The quantitative estimate of drug-likeness (QED) is 0.367. The van der Waals surface area contributed by atoms with Gasteiger partial charge in [-0.25, -0.2) is 18.7 Å². The Morgan fingerprint density at radius 1 is 1.11 bits per heavy atom. The van der Waals surface area contributed by atoms with Crippen molar-refractivity contribution in [1.82, 2.24) is 9.97 Å². The van der Waals surface area contributed by atoms with E-state index in [0.29, 0.717) is 17.2 Å². The van der Waals surface area contributed by atoms with Crippen molar-refractivity contribution >= 4 is 28.1 Å². The molecule has 2 aromatic carbocycles. The summed E-state index contributed by atoms with van der Waals surface area (Å²) in [6.45, 7) is 7.21. The summed E-state index contributed by atoms with van der Waals surface area (Å²) in [6.07, 6.45) is 0.252. The molecule has 0 radical (unpaired) electrons. The molecule has 0 bridgehead atoms. The Bertz CT molecular complexity index is 1380. The van der Waals surface area contributed by atoms with E-state index >= 15 is 0 Å². The number of nitrogens with zero attached hydrogens (tertiary/aromatic N) is 4. The fraction of sp³-hybridized carbons (Fsp3) is 0.462. The molecule has 2 fully saturated rings. The fourth-order valence-corrected chi connectivity index (χ4v) is 5.79. The van der Waals surface area contributed by atoms with Gasteiger partial charge < -0.3 is 15.0 Å². The second kappa shape index (κ2) is 8.33. The van der Waals surface area contributed by atoms with Crippen LogP contribution >= 0.6 is 0 Å². The number of fused-ring (bicyclic) bond motifs is 3. The molecule has 1 aromatic heterocycles. The normalized spacial score (nSPS) is 18.8. The van der Waals surface area contributed by atoms with Crippen LogP contribution in [0.15, 0.2) is 24.3 Å². The summed E-state index contributed by atoms with van der Waals surface area (Å²) >= 11 is 0. The van der Waals surface area contributed by atoms with Crippen LogP contribution in [0, 0.1) is 22.5 Å². The molecule has 0 unspecified atom stereocenters. The van der Waals surface area contributed by atoms with Crippen LogP contribution in [-0.4, -0.2) is 41.2 Å². The van der Waals surface area contributed by atoms with Crippen LogP contribution in [-0.2, 0) is 17.6 Å². The van der Waals surface area contributed by atoms with Crippen molar-refractivity contribution in [1.29, 1.82) is 0 Å². The lowest BCUT2D eigenvalue weighted by Gasteiger charge is -2.56. The molecule has 2 saturated heterocycles. The number of hydrogen-bond donors (Lipinski definition) is 1. The van der Waals surface area contributed by atoms with Crippen molar-refractivity contribution in [2.24, 2.45) is 5.41 Å². The standard InChI is InChI=1S/C26H27F2N5O3/c1-14(16-6-17(24(27)28)8-18(7-16)33(34)35)29-25-21-9-22(32-10-26(11-32)12-36-13-26)19-4-3-5-20(19)23(21)30-15(2)31-25/h6-9,14,24H,3-5,10-13H2,1-2H3,(H,29,30,31)/t14-/m1/s1. The van der Waals surface area contributed by atoms with Gasteiger partial charge in [0.25, 0.3) is 12.1 Å². The highest BCUT2D eigenvalue weighted by Gasteiger charge is 2.49. The lowest BCUT2D eigenvalue weighted by Crippen LogP contribution is -2.66. The number of hydrogen-bond acceptors (Lipinski definition) is 7. The van der Waals surface area contributed by atoms with Crippen LogP contribution in [0.3, 0.4) is 0 Å². The Morgan fingerprint density at radius 3 is 2.50 bits per heavy atom. The minimum atomic E-state index is -2.80. The smallest absolute Gasteiger partial charge is 0.270 e. The summed E-state index contributed by atoms with van der Waals surface area (Å²) in [6, 6.07) is 5.24. The van der Waals surface area contributed by atoms with Crippen LogP contribution in [0.5, 0.6) is 0 Å². The van der Waals surface area contributed by atoms with Gasteiger partial charge in [0.05, 0.1) is 35.1 Å². The average Bonchev–Trinajstić information content (AvgIpc) is 3.27. The number of rotatable bonds is 6. The van der Waals surface area contributed by atoms with Gasteiger partial charge in [0.2, 0.25) is 0 Å². The maximum absolute atomic E-state index is 13.4. The van der Waals surface area contributed by atoms with Gasteiger partial charge >= 0.3 is 0 Å². The first-order valence-electron chi connectivity index (χ1n) is 12.2. The third kappa shape index (κ3) is 3.75. The molecule has 1 N–H and O–H groups in total. The van der Waals surface area contributed by atoms with Gasteiger partial charge in [-0.15, -0.1) is 0 Å².